The minimum Gasteiger partial charge on any atom is -0.493 e. The van der Waals surface area contributed by atoms with Crippen LogP contribution in [0.1, 0.15) is 18.5 Å². The number of methoxy groups -OCH3 is 3. The van der Waals surface area contributed by atoms with E-state index in [1.165, 1.54) is 21.3 Å². The van der Waals surface area contributed by atoms with Crippen molar-refractivity contribution in [3.8, 4) is 17.2 Å². The summed E-state index contributed by atoms with van der Waals surface area (Å²) in [6, 6.07) is 9.02. The quantitative estimate of drug-likeness (QED) is 0.648. The Bertz CT molecular complexity index is 996. The molecule has 2 aromatic rings. The van der Waals surface area contributed by atoms with E-state index in [0.29, 0.717) is 44.8 Å². The Kier molecular flexibility index (Phi) is 6.37. The Labute approximate surface area is 179 Å². The number of hydrogen-bond donors (Lipinski definition) is 3. The highest BCUT2D eigenvalue weighted by Crippen LogP contribution is 2.41. The van der Waals surface area contributed by atoms with Crippen LogP contribution in [0.3, 0.4) is 0 Å². The smallest absolute Gasteiger partial charge is 0.319 e. The lowest BCUT2D eigenvalue weighted by atomic mass is 9.94. The zero-order chi connectivity index (χ0) is 21.8. The van der Waals surface area contributed by atoms with Crippen molar-refractivity contribution in [2.45, 2.75) is 13.0 Å². The number of amides is 3. The highest BCUT2D eigenvalue weighted by Gasteiger charge is 2.32. The van der Waals surface area contributed by atoms with E-state index in [9.17, 15) is 9.59 Å². The molecule has 0 fully saturated rings. The molecule has 1 atom stereocenters. The SMILES string of the molecule is COc1cc([C@H]2NC(=O)NC(C)=C2C(=O)Nc2cccc(Cl)c2)cc(OC)c1OC. The largest absolute Gasteiger partial charge is 0.493 e. The van der Waals surface area contributed by atoms with Gasteiger partial charge in [0.2, 0.25) is 5.75 Å². The van der Waals surface area contributed by atoms with E-state index in [0.717, 1.165) is 0 Å². The third-order valence-electron chi connectivity index (χ3n) is 4.62. The fourth-order valence-electron chi connectivity index (χ4n) is 3.28. The number of rotatable bonds is 6. The summed E-state index contributed by atoms with van der Waals surface area (Å²) in [5, 5.41) is 8.74. The summed E-state index contributed by atoms with van der Waals surface area (Å²) in [4.78, 5) is 25.3. The first kappa shape index (κ1) is 21.3. The first-order valence-corrected chi connectivity index (χ1v) is 9.40. The first-order chi connectivity index (χ1) is 14.4. The lowest BCUT2D eigenvalue weighted by Gasteiger charge is -2.29. The molecule has 0 saturated heterocycles. The average Bonchev–Trinajstić information content (AvgIpc) is 2.71. The standard InChI is InChI=1S/C21H22ClN3O5/c1-11-17(20(26)24-14-7-5-6-13(22)10-14)18(25-21(27)23-11)12-8-15(28-2)19(30-4)16(9-12)29-3/h5-10,18H,1-4H3,(H,24,26)(H2,23,25,27)/t18-/m1/s1. The molecule has 0 bridgehead atoms. The molecule has 2 aromatic carbocycles. The van der Waals surface area contributed by atoms with Crippen molar-refractivity contribution in [2.75, 3.05) is 26.6 Å². The number of carbonyl (C=O) groups excluding carboxylic acids is 2. The van der Waals surface area contributed by atoms with Crippen molar-refractivity contribution >= 4 is 29.2 Å². The normalized spacial score (nSPS) is 15.8. The predicted molar refractivity (Wildman–Crippen MR) is 113 cm³/mol. The van der Waals surface area contributed by atoms with Crippen molar-refractivity contribution in [3.05, 3.63) is 58.3 Å². The van der Waals surface area contributed by atoms with Crippen molar-refractivity contribution in [1.82, 2.24) is 10.6 Å². The second-order valence-electron chi connectivity index (χ2n) is 6.49. The van der Waals surface area contributed by atoms with Gasteiger partial charge < -0.3 is 30.2 Å². The van der Waals surface area contributed by atoms with E-state index in [1.54, 1.807) is 43.3 Å². The van der Waals surface area contributed by atoms with Gasteiger partial charge in [-0.3, -0.25) is 4.79 Å². The molecule has 1 aliphatic rings. The van der Waals surface area contributed by atoms with Gasteiger partial charge >= 0.3 is 6.03 Å². The summed E-state index contributed by atoms with van der Waals surface area (Å²) in [6.07, 6.45) is 0. The van der Waals surface area contributed by atoms with Crippen LogP contribution in [-0.4, -0.2) is 33.3 Å². The molecule has 3 N–H and O–H groups in total. The van der Waals surface area contributed by atoms with Crippen molar-refractivity contribution in [2.24, 2.45) is 0 Å². The van der Waals surface area contributed by atoms with E-state index < -0.39 is 12.1 Å². The third-order valence-corrected chi connectivity index (χ3v) is 4.85. The summed E-state index contributed by atoms with van der Waals surface area (Å²) < 4.78 is 16.2. The van der Waals surface area contributed by atoms with Crippen LogP contribution in [0.5, 0.6) is 17.2 Å². The lowest BCUT2D eigenvalue weighted by Crippen LogP contribution is -2.46. The molecule has 30 heavy (non-hydrogen) atoms. The lowest BCUT2D eigenvalue weighted by molar-refractivity contribution is -0.113. The number of allylic oxidation sites excluding steroid dienone is 1. The number of benzene rings is 2. The first-order valence-electron chi connectivity index (χ1n) is 9.03. The van der Waals surface area contributed by atoms with Gasteiger partial charge in [0.05, 0.1) is 32.9 Å². The van der Waals surface area contributed by atoms with Gasteiger partial charge in [-0.15, -0.1) is 0 Å². The van der Waals surface area contributed by atoms with Crippen LogP contribution in [0.25, 0.3) is 0 Å². The fourth-order valence-corrected chi connectivity index (χ4v) is 3.47. The minimum atomic E-state index is -0.744. The molecule has 0 aromatic heterocycles. The summed E-state index contributed by atoms with van der Waals surface area (Å²) >= 11 is 6.01. The number of carbonyl (C=O) groups is 2. The molecule has 3 rings (SSSR count). The summed E-state index contributed by atoms with van der Waals surface area (Å²) in [6.45, 7) is 1.66. The van der Waals surface area contributed by atoms with E-state index in [4.69, 9.17) is 25.8 Å². The Balaban J connectivity index is 2.04. The van der Waals surface area contributed by atoms with Crippen molar-refractivity contribution in [1.29, 1.82) is 0 Å². The fraction of sp³-hybridized carbons (Fsp3) is 0.238. The van der Waals surface area contributed by atoms with Crippen LogP contribution < -0.4 is 30.2 Å². The number of hydrogen-bond acceptors (Lipinski definition) is 5. The van der Waals surface area contributed by atoms with E-state index in [2.05, 4.69) is 16.0 Å². The van der Waals surface area contributed by atoms with Gasteiger partial charge in [0, 0.05) is 16.4 Å². The topological polar surface area (TPSA) is 97.9 Å². The third kappa shape index (κ3) is 4.28. The molecule has 9 heteroatoms. The van der Waals surface area contributed by atoms with Crippen LogP contribution >= 0.6 is 11.6 Å². The summed E-state index contributed by atoms with van der Waals surface area (Å²) in [5.74, 6) is 0.842. The molecule has 0 unspecified atom stereocenters. The summed E-state index contributed by atoms with van der Waals surface area (Å²) in [7, 11) is 4.49. The van der Waals surface area contributed by atoms with Crippen molar-refractivity contribution < 1.29 is 23.8 Å². The molecule has 0 spiro atoms. The van der Waals surface area contributed by atoms with Crippen LogP contribution in [-0.2, 0) is 4.79 Å². The highest BCUT2D eigenvalue weighted by atomic mass is 35.5. The highest BCUT2D eigenvalue weighted by molar-refractivity contribution is 6.31. The molecule has 1 heterocycles. The van der Waals surface area contributed by atoms with E-state index in [-0.39, 0.29) is 5.91 Å². The van der Waals surface area contributed by atoms with Crippen LogP contribution in [0.4, 0.5) is 10.5 Å². The second kappa shape index (κ2) is 8.96. The number of anilines is 1. The Morgan fingerprint density at radius 3 is 2.30 bits per heavy atom. The number of halogens is 1. The zero-order valence-electron chi connectivity index (χ0n) is 17.0. The monoisotopic (exact) mass is 431 g/mol. The van der Waals surface area contributed by atoms with Crippen LogP contribution in [0.15, 0.2) is 47.7 Å². The van der Waals surface area contributed by atoms with Crippen LogP contribution in [0.2, 0.25) is 5.02 Å². The number of urea groups is 1. The molecular formula is C21H22ClN3O5. The number of nitrogens with one attached hydrogen (secondary N) is 3. The van der Waals surface area contributed by atoms with E-state index >= 15 is 0 Å². The van der Waals surface area contributed by atoms with Gasteiger partial charge in [-0.1, -0.05) is 17.7 Å². The Morgan fingerprint density at radius 1 is 1.07 bits per heavy atom. The molecule has 158 valence electrons. The molecule has 0 aliphatic carbocycles. The molecule has 0 saturated carbocycles. The molecule has 3 amide bonds. The molecule has 0 radical (unpaired) electrons. The maximum absolute atomic E-state index is 13.1. The summed E-state index contributed by atoms with van der Waals surface area (Å²) in [5.41, 5.74) is 1.89. The number of ether oxygens (including phenoxy) is 3. The van der Waals surface area contributed by atoms with E-state index in [1.807, 2.05) is 0 Å². The van der Waals surface area contributed by atoms with Gasteiger partial charge in [0.25, 0.3) is 5.91 Å². The maximum atomic E-state index is 13.1. The molecule has 8 nitrogen and oxygen atoms in total. The zero-order valence-corrected chi connectivity index (χ0v) is 17.7. The average molecular weight is 432 g/mol. The Hall–Kier alpha value is -3.39. The van der Waals surface area contributed by atoms with Gasteiger partial charge in [0.1, 0.15) is 0 Å². The van der Waals surface area contributed by atoms with Crippen LogP contribution in [0, 0.1) is 0 Å². The molecule has 1 aliphatic heterocycles. The second-order valence-corrected chi connectivity index (χ2v) is 6.93. The van der Waals surface area contributed by atoms with Crippen molar-refractivity contribution in [3.63, 3.8) is 0 Å². The van der Waals surface area contributed by atoms with Gasteiger partial charge in [-0.05, 0) is 42.8 Å². The predicted octanol–water partition coefficient (Wildman–Crippen LogP) is 3.63. The minimum absolute atomic E-state index is 0.337. The van der Waals surface area contributed by atoms with Gasteiger partial charge in [0.15, 0.2) is 11.5 Å². The molecular weight excluding hydrogens is 410 g/mol. The maximum Gasteiger partial charge on any atom is 0.319 e. The van der Waals surface area contributed by atoms with Gasteiger partial charge in [-0.2, -0.15) is 0 Å². The Morgan fingerprint density at radius 2 is 1.73 bits per heavy atom. The van der Waals surface area contributed by atoms with Gasteiger partial charge in [-0.25, -0.2) is 4.79 Å².